The van der Waals surface area contributed by atoms with Gasteiger partial charge in [-0.25, -0.2) is 4.39 Å². The third-order valence-corrected chi connectivity index (χ3v) is 3.42. The average Bonchev–Trinajstić information content (AvgIpc) is 2.48. The standard InChI is InChI=1S/C17H17FN2O3/c1-17(2,3)12-6-4-11(5-7-12)16(21)19-15-10-13(20(22)23)8-9-14(15)18/h4-10H,1-3H3,(H,19,21). The van der Waals surface area contributed by atoms with Crippen LogP contribution in [-0.2, 0) is 5.41 Å². The van der Waals surface area contributed by atoms with E-state index in [1.165, 1.54) is 0 Å². The molecule has 5 nitrogen and oxygen atoms in total. The summed E-state index contributed by atoms with van der Waals surface area (Å²) in [4.78, 5) is 22.2. The number of carbonyl (C=O) groups excluding carboxylic acids is 1. The van der Waals surface area contributed by atoms with Crippen molar-refractivity contribution in [3.05, 3.63) is 69.5 Å². The summed E-state index contributed by atoms with van der Waals surface area (Å²) in [5.41, 5.74) is 0.870. The molecule has 6 heteroatoms. The van der Waals surface area contributed by atoms with Crippen LogP contribution in [0.25, 0.3) is 0 Å². The number of amides is 1. The lowest BCUT2D eigenvalue weighted by Gasteiger charge is -2.19. The van der Waals surface area contributed by atoms with Crippen molar-refractivity contribution in [2.24, 2.45) is 0 Å². The van der Waals surface area contributed by atoms with Crippen LogP contribution in [0.2, 0.25) is 0 Å². The Hall–Kier alpha value is -2.76. The third kappa shape index (κ3) is 3.91. The highest BCUT2D eigenvalue weighted by molar-refractivity contribution is 6.04. The van der Waals surface area contributed by atoms with Crippen LogP contribution >= 0.6 is 0 Å². The molecule has 2 aromatic carbocycles. The van der Waals surface area contributed by atoms with Gasteiger partial charge in [0.05, 0.1) is 10.6 Å². The molecule has 1 N–H and O–H groups in total. The molecule has 2 aromatic rings. The number of nitrogens with zero attached hydrogens (tertiary/aromatic N) is 1. The summed E-state index contributed by atoms with van der Waals surface area (Å²) in [6.07, 6.45) is 0. The van der Waals surface area contributed by atoms with Crippen molar-refractivity contribution in [2.75, 3.05) is 5.32 Å². The number of non-ortho nitro benzene ring substituents is 1. The topological polar surface area (TPSA) is 72.2 Å². The minimum atomic E-state index is -0.727. The Labute approximate surface area is 133 Å². The number of nitro groups is 1. The van der Waals surface area contributed by atoms with E-state index in [0.29, 0.717) is 5.56 Å². The molecular weight excluding hydrogens is 299 g/mol. The first-order valence-electron chi connectivity index (χ1n) is 7.04. The molecule has 2 rings (SSSR count). The van der Waals surface area contributed by atoms with Gasteiger partial charge in [0.1, 0.15) is 5.82 Å². The van der Waals surface area contributed by atoms with E-state index in [-0.39, 0.29) is 16.8 Å². The van der Waals surface area contributed by atoms with E-state index in [1.807, 2.05) is 12.1 Å². The second-order valence-corrected chi connectivity index (χ2v) is 6.20. The van der Waals surface area contributed by atoms with Crippen LogP contribution < -0.4 is 5.32 Å². The van der Waals surface area contributed by atoms with Gasteiger partial charge in [-0.1, -0.05) is 32.9 Å². The Balaban J connectivity index is 2.22. The zero-order chi connectivity index (χ0) is 17.2. The number of nitrogens with one attached hydrogen (secondary N) is 1. The van der Waals surface area contributed by atoms with Crippen LogP contribution in [0, 0.1) is 15.9 Å². The molecule has 0 bridgehead atoms. The van der Waals surface area contributed by atoms with Gasteiger partial charge in [-0.2, -0.15) is 0 Å². The second kappa shape index (κ2) is 6.16. The number of hydrogen-bond acceptors (Lipinski definition) is 3. The summed E-state index contributed by atoms with van der Waals surface area (Å²) < 4.78 is 13.7. The van der Waals surface area contributed by atoms with Crippen LogP contribution in [0.5, 0.6) is 0 Å². The van der Waals surface area contributed by atoms with Crippen LogP contribution in [0.1, 0.15) is 36.7 Å². The van der Waals surface area contributed by atoms with E-state index in [1.54, 1.807) is 12.1 Å². The van der Waals surface area contributed by atoms with Crippen LogP contribution in [0.3, 0.4) is 0 Å². The molecule has 0 radical (unpaired) electrons. The zero-order valence-corrected chi connectivity index (χ0v) is 13.1. The third-order valence-electron chi connectivity index (χ3n) is 3.42. The summed E-state index contributed by atoms with van der Waals surface area (Å²) in [5.74, 6) is -1.25. The highest BCUT2D eigenvalue weighted by Gasteiger charge is 2.16. The van der Waals surface area contributed by atoms with E-state index in [2.05, 4.69) is 26.1 Å². The van der Waals surface area contributed by atoms with E-state index in [9.17, 15) is 19.3 Å². The maximum absolute atomic E-state index is 13.7. The van der Waals surface area contributed by atoms with Gasteiger partial charge in [0.15, 0.2) is 0 Å². The lowest BCUT2D eigenvalue weighted by atomic mass is 9.87. The van der Waals surface area contributed by atoms with Crippen molar-refractivity contribution in [3.63, 3.8) is 0 Å². The van der Waals surface area contributed by atoms with Gasteiger partial charge in [0.25, 0.3) is 11.6 Å². The monoisotopic (exact) mass is 316 g/mol. The number of rotatable bonds is 3. The highest BCUT2D eigenvalue weighted by atomic mass is 19.1. The zero-order valence-electron chi connectivity index (χ0n) is 13.1. The number of benzene rings is 2. The highest BCUT2D eigenvalue weighted by Crippen LogP contribution is 2.24. The number of hydrogen-bond donors (Lipinski definition) is 1. The minimum absolute atomic E-state index is 0.0405. The number of halogens is 1. The molecular formula is C17H17FN2O3. The van der Waals surface area contributed by atoms with Crippen molar-refractivity contribution < 1.29 is 14.1 Å². The molecule has 0 unspecified atom stereocenters. The van der Waals surface area contributed by atoms with E-state index >= 15 is 0 Å². The summed E-state index contributed by atoms with van der Waals surface area (Å²) >= 11 is 0. The smallest absolute Gasteiger partial charge is 0.271 e. The molecule has 0 atom stereocenters. The Kier molecular flexibility index (Phi) is 4.45. The molecule has 0 fully saturated rings. The number of nitro benzene ring substituents is 1. The van der Waals surface area contributed by atoms with Crippen LogP contribution in [0.4, 0.5) is 15.8 Å². The predicted octanol–water partition coefficient (Wildman–Crippen LogP) is 4.28. The Morgan fingerprint density at radius 2 is 1.74 bits per heavy atom. The van der Waals surface area contributed by atoms with Gasteiger partial charge >= 0.3 is 0 Å². The quantitative estimate of drug-likeness (QED) is 0.678. The normalized spacial score (nSPS) is 11.1. The van der Waals surface area contributed by atoms with Crippen LogP contribution in [-0.4, -0.2) is 10.8 Å². The molecule has 1 amide bonds. The van der Waals surface area contributed by atoms with Crippen molar-refractivity contribution in [2.45, 2.75) is 26.2 Å². The van der Waals surface area contributed by atoms with Gasteiger partial charge in [0, 0.05) is 17.7 Å². The first kappa shape index (κ1) is 16.6. The number of anilines is 1. The van der Waals surface area contributed by atoms with Crippen LogP contribution in [0.15, 0.2) is 42.5 Å². The van der Waals surface area contributed by atoms with Crippen molar-refractivity contribution >= 4 is 17.3 Å². The molecule has 0 saturated carbocycles. The van der Waals surface area contributed by atoms with E-state index in [0.717, 1.165) is 23.8 Å². The summed E-state index contributed by atoms with van der Waals surface area (Å²) in [6.45, 7) is 6.17. The summed E-state index contributed by atoms with van der Waals surface area (Å²) in [7, 11) is 0. The lowest BCUT2D eigenvalue weighted by molar-refractivity contribution is -0.384. The van der Waals surface area contributed by atoms with E-state index in [4.69, 9.17) is 0 Å². The average molecular weight is 316 g/mol. The fourth-order valence-corrected chi connectivity index (χ4v) is 2.04. The van der Waals surface area contributed by atoms with Gasteiger partial charge in [0.2, 0.25) is 0 Å². The van der Waals surface area contributed by atoms with E-state index < -0.39 is 16.6 Å². The van der Waals surface area contributed by atoms with Crippen molar-refractivity contribution in [3.8, 4) is 0 Å². The summed E-state index contributed by atoms with van der Waals surface area (Å²) in [5, 5.41) is 13.1. The lowest BCUT2D eigenvalue weighted by Crippen LogP contribution is -2.15. The number of carbonyl (C=O) groups is 1. The van der Waals surface area contributed by atoms with Gasteiger partial charge in [-0.3, -0.25) is 14.9 Å². The Morgan fingerprint density at radius 3 is 2.26 bits per heavy atom. The minimum Gasteiger partial charge on any atom is -0.319 e. The maximum Gasteiger partial charge on any atom is 0.271 e. The second-order valence-electron chi connectivity index (χ2n) is 6.20. The molecule has 0 aliphatic heterocycles. The molecule has 120 valence electrons. The largest absolute Gasteiger partial charge is 0.319 e. The van der Waals surface area contributed by atoms with Gasteiger partial charge < -0.3 is 5.32 Å². The molecule has 0 aromatic heterocycles. The summed E-state index contributed by atoms with van der Waals surface area (Å²) in [6, 6.07) is 9.95. The SMILES string of the molecule is CC(C)(C)c1ccc(C(=O)Nc2cc([N+](=O)[O-])ccc2F)cc1. The van der Waals surface area contributed by atoms with Crippen molar-refractivity contribution in [1.29, 1.82) is 0 Å². The predicted molar refractivity (Wildman–Crippen MR) is 86.1 cm³/mol. The Bertz CT molecular complexity index is 749. The van der Waals surface area contributed by atoms with Gasteiger partial charge in [-0.15, -0.1) is 0 Å². The fourth-order valence-electron chi connectivity index (χ4n) is 2.04. The fraction of sp³-hybridized carbons (Fsp3) is 0.235. The maximum atomic E-state index is 13.7. The molecule has 0 saturated heterocycles. The molecule has 0 aliphatic rings. The first-order chi connectivity index (χ1) is 10.7. The Morgan fingerprint density at radius 1 is 1.13 bits per heavy atom. The first-order valence-corrected chi connectivity index (χ1v) is 7.04. The molecule has 0 spiro atoms. The van der Waals surface area contributed by atoms with Crippen molar-refractivity contribution in [1.82, 2.24) is 0 Å². The molecule has 0 heterocycles. The van der Waals surface area contributed by atoms with Gasteiger partial charge in [-0.05, 0) is 29.2 Å². The molecule has 0 aliphatic carbocycles. The molecule has 23 heavy (non-hydrogen) atoms.